The van der Waals surface area contributed by atoms with E-state index >= 15 is 0 Å². The van der Waals surface area contributed by atoms with E-state index in [-0.39, 0.29) is 30.7 Å². The van der Waals surface area contributed by atoms with Crippen molar-refractivity contribution in [3.63, 3.8) is 0 Å². The molecule has 0 spiro atoms. The molecule has 1 saturated heterocycles. The van der Waals surface area contributed by atoms with Gasteiger partial charge in [-0.3, -0.25) is 19.2 Å². The lowest BCUT2D eigenvalue weighted by Crippen LogP contribution is -2.38. The van der Waals surface area contributed by atoms with Gasteiger partial charge in [0.15, 0.2) is 0 Å². The van der Waals surface area contributed by atoms with Crippen LogP contribution in [0.2, 0.25) is 0 Å². The number of nitrogens with zero attached hydrogens (tertiary/aromatic N) is 3. The number of nitrogens with two attached hydrogens (primary N) is 1. The van der Waals surface area contributed by atoms with E-state index in [9.17, 15) is 13.8 Å². The number of aryl methyl sites for hydroxylation is 1. The van der Waals surface area contributed by atoms with Crippen LogP contribution >= 0.6 is 0 Å². The third-order valence-electron chi connectivity index (χ3n) is 6.43. The number of ether oxygens (including phenoxy) is 1. The number of aromatic nitrogens is 2. The number of carbonyl (C=O) groups is 2. The highest BCUT2D eigenvalue weighted by Gasteiger charge is 2.18. The molecular weight excluding hydrogens is 492 g/mol. The number of nitrogens with one attached hydrogen (secondary N) is 2. The first kappa shape index (κ1) is 26.5. The summed E-state index contributed by atoms with van der Waals surface area (Å²) in [6.45, 7) is 3.52. The fourth-order valence-corrected chi connectivity index (χ4v) is 5.48. The van der Waals surface area contributed by atoms with Crippen molar-refractivity contribution in [2.45, 2.75) is 19.4 Å². The number of esters is 1. The summed E-state index contributed by atoms with van der Waals surface area (Å²) in [7, 11) is 0.617. The van der Waals surface area contributed by atoms with E-state index in [4.69, 9.17) is 16.1 Å². The Kier molecular flexibility index (Phi) is 8.67. The fourth-order valence-electron chi connectivity index (χ4n) is 4.35. The molecule has 1 aromatic heterocycles. The number of carbonyl (C=O) groups excluding carboxylic acids is 2. The highest BCUT2D eigenvalue weighted by Crippen LogP contribution is 2.26. The number of rotatable bonds is 10. The van der Waals surface area contributed by atoms with Crippen molar-refractivity contribution < 1.29 is 18.5 Å². The third kappa shape index (κ3) is 6.60. The van der Waals surface area contributed by atoms with Crippen molar-refractivity contribution in [1.82, 2.24) is 19.8 Å². The maximum atomic E-state index is 12.6. The molecule has 1 fully saturated rings. The zero-order valence-electron chi connectivity index (χ0n) is 20.9. The average molecular weight is 525 g/mol. The Bertz CT molecular complexity index is 1310. The van der Waals surface area contributed by atoms with E-state index in [1.54, 1.807) is 24.3 Å². The van der Waals surface area contributed by atoms with Crippen LogP contribution in [0.25, 0.3) is 22.4 Å². The molecule has 0 saturated carbocycles. The topological polar surface area (TPSA) is 143 Å². The molecule has 1 amide bonds. The summed E-state index contributed by atoms with van der Waals surface area (Å²) < 4.78 is 18.4. The predicted molar refractivity (Wildman–Crippen MR) is 144 cm³/mol. The van der Waals surface area contributed by atoms with Crippen LogP contribution in [0.4, 0.5) is 0 Å². The van der Waals surface area contributed by atoms with E-state index in [1.807, 2.05) is 18.2 Å². The predicted octanol–water partition coefficient (Wildman–Crippen LogP) is 1.73. The summed E-state index contributed by atoms with van der Waals surface area (Å²) in [5.41, 5.74) is 9.21. The lowest BCUT2D eigenvalue weighted by molar-refractivity contribution is -0.140. The number of imidazole rings is 1. The highest BCUT2D eigenvalue weighted by atomic mass is 32.2. The van der Waals surface area contributed by atoms with Crippen molar-refractivity contribution in [3.8, 4) is 11.4 Å². The number of benzene rings is 2. The Morgan fingerprint density at radius 1 is 1.11 bits per heavy atom. The van der Waals surface area contributed by atoms with Crippen molar-refractivity contribution in [2.75, 3.05) is 44.8 Å². The number of nitrogen functional groups attached to an aromatic ring is 1. The van der Waals surface area contributed by atoms with Gasteiger partial charge in [0.25, 0.3) is 5.91 Å². The van der Waals surface area contributed by atoms with Gasteiger partial charge in [-0.05, 0) is 31.2 Å². The van der Waals surface area contributed by atoms with E-state index in [0.29, 0.717) is 16.6 Å². The van der Waals surface area contributed by atoms with Gasteiger partial charge in [-0.15, -0.1) is 0 Å². The first-order valence-electron chi connectivity index (χ1n) is 12.2. The van der Waals surface area contributed by atoms with Crippen LogP contribution in [0, 0.1) is 5.41 Å². The van der Waals surface area contributed by atoms with Gasteiger partial charge in [0.05, 0.1) is 24.6 Å². The van der Waals surface area contributed by atoms with Crippen LogP contribution in [0.5, 0.6) is 0 Å². The van der Waals surface area contributed by atoms with Gasteiger partial charge in [-0.2, -0.15) is 0 Å². The molecule has 4 rings (SSSR count). The Morgan fingerprint density at radius 3 is 2.49 bits per heavy atom. The minimum atomic E-state index is -0.697. The van der Waals surface area contributed by atoms with Gasteiger partial charge in [0.1, 0.15) is 11.7 Å². The molecule has 0 aliphatic carbocycles. The van der Waals surface area contributed by atoms with Crippen LogP contribution in [0.1, 0.15) is 28.8 Å². The van der Waals surface area contributed by atoms with Gasteiger partial charge in [0, 0.05) is 65.2 Å². The Balaban J connectivity index is 1.57. The normalized spacial score (nSPS) is 14.5. The molecule has 0 bridgehead atoms. The molecule has 2 heterocycles. The van der Waals surface area contributed by atoms with E-state index < -0.39 is 10.8 Å². The molecule has 2 aromatic carbocycles. The molecule has 1 aliphatic rings. The summed E-state index contributed by atoms with van der Waals surface area (Å²) >= 11 is 0. The molecule has 4 N–H and O–H groups in total. The lowest BCUT2D eigenvalue weighted by atomic mass is 10.1. The largest absolute Gasteiger partial charge is 0.469 e. The molecule has 0 atom stereocenters. The molecule has 0 radical (unpaired) electrons. The standard InChI is InChI=1S/C26H32N6O4S/c1-36-23(33)9-10-29-26(34)20-7-8-22-21(17-20)30-25(19-5-3-18(4-6-19)24(27)28)32(22)12-2-11-31-13-15-37(35)16-14-31/h3-8,17H,2,9-16H2,1H3,(H3,27,28)(H,29,34). The summed E-state index contributed by atoms with van der Waals surface area (Å²) in [5.74, 6) is 1.57. The molecular formula is C26H32N6O4S. The van der Waals surface area contributed by atoms with E-state index in [2.05, 4.69) is 19.5 Å². The maximum Gasteiger partial charge on any atom is 0.307 e. The maximum absolute atomic E-state index is 12.6. The summed E-state index contributed by atoms with van der Waals surface area (Å²) in [6, 6.07) is 12.8. The number of hydrogen-bond acceptors (Lipinski definition) is 7. The van der Waals surface area contributed by atoms with Crippen molar-refractivity contribution in [1.29, 1.82) is 5.41 Å². The second-order valence-corrected chi connectivity index (χ2v) is 10.6. The minimum Gasteiger partial charge on any atom is -0.469 e. The van der Waals surface area contributed by atoms with Gasteiger partial charge in [0.2, 0.25) is 0 Å². The summed E-state index contributed by atoms with van der Waals surface area (Å²) in [4.78, 5) is 31.2. The Morgan fingerprint density at radius 2 is 1.81 bits per heavy atom. The first-order chi connectivity index (χ1) is 17.9. The van der Waals surface area contributed by atoms with Crippen molar-refractivity contribution in [2.24, 2.45) is 5.73 Å². The number of amides is 1. The Hall–Kier alpha value is -3.57. The quantitative estimate of drug-likeness (QED) is 0.208. The average Bonchev–Trinajstić information content (AvgIpc) is 3.27. The Labute approximate surface area is 218 Å². The number of methoxy groups -OCH3 is 1. The van der Waals surface area contributed by atoms with Gasteiger partial charge in [-0.25, -0.2) is 4.98 Å². The first-order valence-corrected chi connectivity index (χ1v) is 13.7. The van der Waals surface area contributed by atoms with Gasteiger partial charge >= 0.3 is 5.97 Å². The molecule has 0 unspecified atom stereocenters. The molecule has 1 aliphatic heterocycles. The van der Waals surface area contributed by atoms with Crippen LogP contribution in [0.15, 0.2) is 42.5 Å². The zero-order valence-corrected chi connectivity index (χ0v) is 21.7. The number of hydrogen-bond donors (Lipinski definition) is 3. The van der Waals surface area contributed by atoms with Crippen LogP contribution in [-0.4, -0.2) is 81.2 Å². The zero-order chi connectivity index (χ0) is 26.4. The van der Waals surface area contributed by atoms with E-state index in [0.717, 1.165) is 61.0 Å². The smallest absolute Gasteiger partial charge is 0.307 e. The molecule has 37 heavy (non-hydrogen) atoms. The number of amidine groups is 1. The lowest BCUT2D eigenvalue weighted by Gasteiger charge is -2.26. The second-order valence-electron chi connectivity index (χ2n) is 8.91. The minimum absolute atomic E-state index is 0.00497. The monoisotopic (exact) mass is 524 g/mol. The van der Waals surface area contributed by atoms with E-state index in [1.165, 1.54) is 7.11 Å². The molecule has 10 nitrogen and oxygen atoms in total. The van der Waals surface area contributed by atoms with Crippen LogP contribution in [-0.2, 0) is 26.9 Å². The summed E-state index contributed by atoms with van der Waals surface area (Å²) in [5, 5.41) is 10.4. The van der Waals surface area contributed by atoms with Crippen molar-refractivity contribution in [3.05, 3.63) is 53.6 Å². The van der Waals surface area contributed by atoms with Gasteiger partial charge in [-0.1, -0.05) is 24.3 Å². The van der Waals surface area contributed by atoms with Crippen LogP contribution < -0.4 is 11.1 Å². The van der Waals surface area contributed by atoms with Crippen LogP contribution in [0.3, 0.4) is 0 Å². The van der Waals surface area contributed by atoms with Gasteiger partial charge < -0.3 is 25.3 Å². The molecule has 11 heteroatoms. The third-order valence-corrected chi connectivity index (χ3v) is 7.71. The summed E-state index contributed by atoms with van der Waals surface area (Å²) in [6.07, 6.45) is 0.999. The number of fused-ring (bicyclic) bond motifs is 1. The second kappa shape index (κ2) is 12.1. The fraction of sp³-hybridized carbons (Fsp3) is 0.385. The SMILES string of the molecule is COC(=O)CCNC(=O)c1ccc2c(c1)nc(-c1ccc(C(=N)N)cc1)n2CCCN1CCS(=O)CC1. The molecule has 196 valence electrons. The molecule has 3 aromatic rings. The van der Waals surface area contributed by atoms with Crippen molar-refractivity contribution >= 4 is 39.5 Å². The highest BCUT2D eigenvalue weighted by molar-refractivity contribution is 7.85.